The number of hydrogen-bond donors (Lipinski definition) is 1. The Balaban J connectivity index is 1.38. The minimum atomic E-state index is -1.40. The molecule has 7 nitrogen and oxygen atoms in total. The van der Waals surface area contributed by atoms with Gasteiger partial charge in [0, 0.05) is 35.7 Å². The number of benzene rings is 1. The van der Waals surface area contributed by atoms with Crippen LogP contribution in [0.1, 0.15) is 49.5 Å². The summed E-state index contributed by atoms with van der Waals surface area (Å²) in [6.07, 6.45) is 8.26. The number of carboxylic acid groups (broad SMARTS) is 1. The zero-order valence-corrected chi connectivity index (χ0v) is 20.5. The number of hydrogen-bond acceptors (Lipinski definition) is 6. The number of methoxy groups -OCH3 is 1. The standard InChI is InChI=1S/C26H30ClFN4O3/c1-35-19-4-5-23-20(15-19)24(21(27)17-31-23)22(28)6-7-26(25(33)34)8-13-32(14-9-26)12-2-3-18-16-29-10-11-30-18/h4-5,10-11,15-17,22H,2-3,6-9,12-14H2,1H3,(H,33,34)/t22-/m0/s1. The number of halogens is 2. The average Bonchev–Trinajstić information content (AvgIpc) is 2.88. The van der Waals surface area contributed by atoms with Crippen molar-refractivity contribution in [3.63, 3.8) is 0 Å². The second kappa shape index (κ2) is 11.3. The molecule has 1 aromatic carbocycles. The fraction of sp³-hybridized carbons (Fsp3) is 0.462. The van der Waals surface area contributed by atoms with Gasteiger partial charge in [0.2, 0.25) is 0 Å². The third-order valence-electron chi connectivity index (χ3n) is 7.05. The highest BCUT2D eigenvalue weighted by atomic mass is 35.5. The third-order valence-corrected chi connectivity index (χ3v) is 7.35. The van der Waals surface area contributed by atoms with Crippen LogP contribution in [0.2, 0.25) is 5.02 Å². The molecule has 3 aromatic rings. The zero-order valence-electron chi connectivity index (χ0n) is 19.8. The maximum Gasteiger partial charge on any atom is 0.309 e. The maximum atomic E-state index is 15.6. The van der Waals surface area contributed by atoms with E-state index in [-0.39, 0.29) is 17.9 Å². The van der Waals surface area contributed by atoms with Gasteiger partial charge in [-0.3, -0.25) is 19.7 Å². The van der Waals surface area contributed by atoms with Gasteiger partial charge in [0.15, 0.2) is 0 Å². The van der Waals surface area contributed by atoms with Gasteiger partial charge in [0.05, 0.1) is 28.8 Å². The molecule has 2 aromatic heterocycles. The molecule has 0 radical (unpaired) electrons. The largest absolute Gasteiger partial charge is 0.497 e. The number of aryl methyl sites for hydroxylation is 1. The van der Waals surface area contributed by atoms with Crippen molar-refractivity contribution in [2.24, 2.45) is 5.41 Å². The quantitative estimate of drug-likeness (QED) is 0.405. The first-order valence-electron chi connectivity index (χ1n) is 11.9. The van der Waals surface area contributed by atoms with Crippen LogP contribution in [0.3, 0.4) is 0 Å². The third kappa shape index (κ3) is 5.87. The topological polar surface area (TPSA) is 88.4 Å². The number of aliphatic carboxylic acids is 1. The van der Waals surface area contributed by atoms with Crippen molar-refractivity contribution in [2.45, 2.75) is 44.7 Å². The molecular weight excluding hydrogens is 471 g/mol. The van der Waals surface area contributed by atoms with Gasteiger partial charge < -0.3 is 14.7 Å². The van der Waals surface area contributed by atoms with E-state index < -0.39 is 17.6 Å². The molecule has 9 heteroatoms. The molecular formula is C26H30ClFN4O3. The molecule has 0 unspecified atom stereocenters. The van der Waals surface area contributed by atoms with Crippen LogP contribution in [0, 0.1) is 5.41 Å². The van der Waals surface area contributed by atoms with Gasteiger partial charge >= 0.3 is 5.97 Å². The van der Waals surface area contributed by atoms with E-state index in [0.29, 0.717) is 48.1 Å². The summed E-state index contributed by atoms with van der Waals surface area (Å²) in [4.78, 5) is 27.2. The van der Waals surface area contributed by atoms with E-state index >= 15 is 4.39 Å². The van der Waals surface area contributed by atoms with Crippen LogP contribution in [0.25, 0.3) is 10.9 Å². The van der Waals surface area contributed by atoms with Gasteiger partial charge in [0.25, 0.3) is 0 Å². The van der Waals surface area contributed by atoms with Gasteiger partial charge in [-0.15, -0.1) is 0 Å². The van der Waals surface area contributed by atoms with E-state index in [1.54, 1.807) is 43.9 Å². The number of likely N-dealkylation sites (tertiary alicyclic amines) is 1. The Labute approximate surface area is 209 Å². The smallest absolute Gasteiger partial charge is 0.309 e. The summed E-state index contributed by atoms with van der Waals surface area (Å²) in [5.74, 6) is -0.264. The molecule has 0 spiro atoms. The van der Waals surface area contributed by atoms with Gasteiger partial charge in [-0.2, -0.15) is 0 Å². The minimum Gasteiger partial charge on any atom is -0.497 e. The first-order valence-corrected chi connectivity index (χ1v) is 12.3. The molecule has 186 valence electrons. The fourth-order valence-electron chi connectivity index (χ4n) is 4.88. The summed E-state index contributed by atoms with van der Waals surface area (Å²) in [6.45, 7) is 2.23. The van der Waals surface area contributed by atoms with Crippen molar-refractivity contribution in [3.8, 4) is 5.75 Å². The normalized spacial score (nSPS) is 16.8. The van der Waals surface area contributed by atoms with E-state index in [9.17, 15) is 9.90 Å². The minimum absolute atomic E-state index is 0.0784. The van der Waals surface area contributed by atoms with E-state index in [4.69, 9.17) is 16.3 Å². The Morgan fingerprint density at radius 3 is 2.74 bits per heavy atom. The number of alkyl halides is 1. The number of carbonyl (C=O) groups is 1. The lowest BCUT2D eigenvalue weighted by Crippen LogP contribution is -2.44. The van der Waals surface area contributed by atoms with E-state index in [0.717, 1.165) is 25.1 Å². The molecule has 1 saturated heterocycles. The maximum absolute atomic E-state index is 15.6. The number of nitrogens with zero attached hydrogens (tertiary/aromatic N) is 4. The van der Waals surface area contributed by atoms with Gasteiger partial charge in [-0.05, 0) is 76.4 Å². The van der Waals surface area contributed by atoms with Crippen molar-refractivity contribution >= 4 is 28.5 Å². The molecule has 1 N–H and O–H groups in total. The number of fused-ring (bicyclic) bond motifs is 1. The van der Waals surface area contributed by atoms with Crippen LogP contribution >= 0.6 is 11.6 Å². The van der Waals surface area contributed by atoms with Gasteiger partial charge in [-0.25, -0.2) is 4.39 Å². The number of pyridine rings is 1. The molecule has 1 aliphatic rings. The number of ether oxygens (including phenoxy) is 1. The molecule has 0 bridgehead atoms. The summed E-state index contributed by atoms with van der Waals surface area (Å²) in [7, 11) is 1.55. The molecule has 0 amide bonds. The molecule has 0 saturated carbocycles. The first-order chi connectivity index (χ1) is 16.9. The number of piperidine rings is 1. The fourth-order valence-corrected chi connectivity index (χ4v) is 5.15. The van der Waals surface area contributed by atoms with Crippen LogP contribution in [-0.2, 0) is 11.2 Å². The summed E-state index contributed by atoms with van der Waals surface area (Å²) in [5.41, 5.74) is 0.991. The van der Waals surface area contributed by atoms with Gasteiger partial charge in [0.1, 0.15) is 11.9 Å². The lowest BCUT2D eigenvalue weighted by molar-refractivity contribution is -0.153. The average molecular weight is 501 g/mol. The van der Waals surface area contributed by atoms with Crippen molar-refractivity contribution in [3.05, 3.63) is 59.3 Å². The summed E-state index contributed by atoms with van der Waals surface area (Å²) in [6, 6.07) is 5.25. The SMILES string of the molecule is COc1ccc2ncc(Cl)c([C@@H](F)CCC3(C(=O)O)CCN(CCCc4cnccn4)CC3)c2c1. The Bertz CT molecular complexity index is 1160. The summed E-state index contributed by atoms with van der Waals surface area (Å²) < 4.78 is 20.9. The molecule has 1 fully saturated rings. The van der Waals surface area contributed by atoms with E-state index in [1.807, 2.05) is 0 Å². The van der Waals surface area contributed by atoms with Gasteiger partial charge in [-0.1, -0.05) is 11.6 Å². The van der Waals surface area contributed by atoms with Crippen LogP contribution in [0.15, 0.2) is 43.0 Å². The second-order valence-electron chi connectivity index (χ2n) is 9.14. The lowest BCUT2D eigenvalue weighted by atomic mass is 9.74. The van der Waals surface area contributed by atoms with E-state index in [1.165, 1.54) is 6.20 Å². The summed E-state index contributed by atoms with van der Waals surface area (Å²) >= 11 is 6.35. The van der Waals surface area contributed by atoms with Crippen molar-refractivity contribution in [1.82, 2.24) is 19.9 Å². The summed E-state index contributed by atoms with van der Waals surface area (Å²) in [5, 5.41) is 10.9. The Kier molecular flexibility index (Phi) is 8.13. The number of aromatic nitrogens is 3. The van der Waals surface area contributed by atoms with Crippen LogP contribution in [0.4, 0.5) is 4.39 Å². The predicted octanol–water partition coefficient (Wildman–Crippen LogP) is 5.28. The zero-order chi connectivity index (χ0) is 24.8. The molecule has 35 heavy (non-hydrogen) atoms. The molecule has 4 rings (SSSR count). The molecule has 1 aliphatic heterocycles. The van der Waals surface area contributed by atoms with E-state index in [2.05, 4.69) is 19.9 Å². The number of rotatable bonds is 10. The van der Waals surface area contributed by atoms with Crippen molar-refractivity contribution in [2.75, 3.05) is 26.7 Å². The highest BCUT2D eigenvalue weighted by molar-refractivity contribution is 6.32. The van der Waals surface area contributed by atoms with Crippen molar-refractivity contribution < 1.29 is 19.0 Å². The van der Waals surface area contributed by atoms with Crippen molar-refractivity contribution in [1.29, 1.82) is 0 Å². The Hall–Kier alpha value is -2.84. The highest BCUT2D eigenvalue weighted by Gasteiger charge is 2.41. The second-order valence-corrected chi connectivity index (χ2v) is 9.54. The Morgan fingerprint density at radius 2 is 2.06 bits per heavy atom. The molecule has 3 heterocycles. The lowest BCUT2D eigenvalue weighted by Gasteiger charge is -2.39. The highest BCUT2D eigenvalue weighted by Crippen LogP contribution is 2.42. The first kappa shape index (κ1) is 25.3. The Morgan fingerprint density at radius 1 is 1.26 bits per heavy atom. The molecule has 0 aliphatic carbocycles. The van der Waals surface area contributed by atoms with Crippen LogP contribution in [-0.4, -0.2) is 57.7 Å². The molecule has 1 atom stereocenters. The monoisotopic (exact) mass is 500 g/mol. The number of carboxylic acids is 1. The predicted molar refractivity (Wildman–Crippen MR) is 132 cm³/mol. The van der Waals surface area contributed by atoms with Crippen LogP contribution < -0.4 is 4.74 Å². The van der Waals surface area contributed by atoms with Crippen LogP contribution in [0.5, 0.6) is 5.75 Å².